The molecule has 0 spiro atoms. The Morgan fingerprint density at radius 1 is 0.833 bits per heavy atom. The van der Waals surface area contributed by atoms with Crippen LogP contribution in [0.5, 0.6) is 0 Å². The molecular formula is C5H4Cl6N3O3P. The van der Waals surface area contributed by atoms with E-state index in [0.717, 1.165) is 6.33 Å². The minimum absolute atomic E-state index is 0.0983. The third-order valence-corrected chi connectivity index (χ3v) is 2.09. The van der Waals surface area contributed by atoms with Crippen LogP contribution in [-0.4, -0.2) is 29.6 Å². The maximum Gasteiger partial charge on any atom is 0.324 e. The van der Waals surface area contributed by atoms with Crippen molar-refractivity contribution in [2.45, 2.75) is 7.59 Å². The molecule has 18 heavy (non-hydrogen) atoms. The number of alkyl halides is 6. The summed E-state index contributed by atoms with van der Waals surface area (Å²) in [7, 11) is -2.62. The zero-order chi connectivity index (χ0) is 14.6. The summed E-state index contributed by atoms with van der Waals surface area (Å²) in [5.41, 5.74) is 0. The highest BCUT2D eigenvalue weighted by Crippen LogP contribution is 2.39. The Hall–Kier alpha value is 1.06. The van der Waals surface area contributed by atoms with Gasteiger partial charge in [-0.15, -0.1) is 0 Å². The van der Waals surface area contributed by atoms with Crippen LogP contribution in [0.2, 0.25) is 0 Å². The van der Waals surface area contributed by atoms with Crippen molar-refractivity contribution in [3.05, 3.63) is 18.0 Å². The summed E-state index contributed by atoms with van der Waals surface area (Å²) in [5.74, 6) is -0.197. The summed E-state index contributed by atoms with van der Waals surface area (Å²) in [5, 5.41) is 0. The maximum absolute atomic E-state index is 7.23. The number of hydrogen-bond acceptors (Lipinski definition) is 6. The molecule has 0 atom stereocenters. The van der Waals surface area contributed by atoms with E-state index in [9.17, 15) is 0 Å². The van der Waals surface area contributed by atoms with E-state index >= 15 is 0 Å². The highest BCUT2D eigenvalue weighted by Gasteiger charge is 2.32. The molecule has 1 heterocycles. The van der Waals surface area contributed by atoms with Crippen molar-refractivity contribution in [3.8, 4) is 0 Å². The first-order valence-corrected chi connectivity index (χ1v) is 7.11. The molecule has 104 valence electrons. The lowest BCUT2D eigenvalue weighted by Gasteiger charge is -2.12. The molecule has 0 aliphatic heterocycles. The van der Waals surface area contributed by atoms with Gasteiger partial charge in [-0.2, -0.15) is 0 Å². The first kappa shape index (κ1) is 19.1. The van der Waals surface area contributed by atoms with Crippen molar-refractivity contribution < 1.29 is 14.7 Å². The Morgan fingerprint density at radius 2 is 1.11 bits per heavy atom. The fourth-order valence-corrected chi connectivity index (χ4v) is 1.12. The van der Waals surface area contributed by atoms with E-state index in [-0.39, 0.29) is 11.6 Å². The van der Waals surface area contributed by atoms with Gasteiger partial charge >= 0.3 is 8.60 Å². The van der Waals surface area contributed by atoms with Crippen LogP contribution >= 0.6 is 78.2 Å². The molecule has 0 aromatic carbocycles. The molecule has 13 heteroatoms. The van der Waals surface area contributed by atoms with Gasteiger partial charge < -0.3 is 14.7 Å². The van der Waals surface area contributed by atoms with Crippen LogP contribution in [0.15, 0.2) is 6.33 Å². The molecule has 0 saturated carbocycles. The van der Waals surface area contributed by atoms with Crippen molar-refractivity contribution in [3.63, 3.8) is 0 Å². The average Bonchev–Trinajstić information content (AvgIpc) is 2.14. The van der Waals surface area contributed by atoms with Gasteiger partial charge in [0.25, 0.3) is 0 Å². The third-order valence-electron chi connectivity index (χ3n) is 1.08. The van der Waals surface area contributed by atoms with E-state index in [2.05, 4.69) is 15.0 Å². The van der Waals surface area contributed by atoms with Gasteiger partial charge in [0.1, 0.15) is 6.33 Å². The van der Waals surface area contributed by atoms with Gasteiger partial charge in [0, 0.05) is 0 Å². The van der Waals surface area contributed by atoms with Crippen molar-refractivity contribution in [1.82, 2.24) is 15.0 Å². The Kier molecular flexibility index (Phi) is 8.20. The Bertz CT molecular complexity index is 351. The maximum atomic E-state index is 7.23. The third kappa shape index (κ3) is 8.27. The fraction of sp³-hybridized carbons (Fsp3) is 0.400. The molecule has 1 aromatic rings. The quantitative estimate of drug-likeness (QED) is 0.460. The van der Waals surface area contributed by atoms with Crippen molar-refractivity contribution in [2.75, 3.05) is 0 Å². The molecule has 0 fully saturated rings. The van der Waals surface area contributed by atoms with Gasteiger partial charge in [-0.05, 0) is 0 Å². The Morgan fingerprint density at radius 3 is 1.33 bits per heavy atom. The molecule has 0 saturated heterocycles. The average molecular weight is 398 g/mol. The second-order valence-corrected chi connectivity index (χ2v) is 7.50. The second-order valence-electron chi connectivity index (χ2n) is 2.40. The molecule has 1 aromatic heterocycles. The van der Waals surface area contributed by atoms with Crippen LogP contribution in [0.3, 0.4) is 0 Å². The molecule has 0 amide bonds. The van der Waals surface area contributed by atoms with Crippen LogP contribution in [-0.2, 0) is 7.59 Å². The van der Waals surface area contributed by atoms with Crippen molar-refractivity contribution >= 4 is 78.2 Å². The largest absolute Gasteiger partial charge is 0.328 e. The smallest absolute Gasteiger partial charge is 0.324 e. The molecule has 0 unspecified atom stereocenters. The Labute approximate surface area is 133 Å². The van der Waals surface area contributed by atoms with Crippen LogP contribution in [0.25, 0.3) is 0 Å². The van der Waals surface area contributed by atoms with Gasteiger partial charge in [-0.25, -0.2) is 15.0 Å². The minimum atomic E-state index is -2.62. The predicted molar refractivity (Wildman–Crippen MR) is 71.9 cm³/mol. The van der Waals surface area contributed by atoms with E-state index in [1.54, 1.807) is 0 Å². The van der Waals surface area contributed by atoms with E-state index in [1.165, 1.54) is 0 Å². The fourth-order valence-electron chi connectivity index (χ4n) is 0.569. The zero-order valence-electron chi connectivity index (χ0n) is 7.98. The molecule has 6 nitrogen and oxygen atoms in total. The standard InChI is InChI=1S/C5HCl6N3.H3O3P/c6-4(7,8)2-12-1-13-3(14-2)5(9,10)11;1-4(2)3/h1H;1-3H. The van der Waals surface area contributed by atoms with Gasteiger partial charge in [0.05, 0.1) is 0 Å². The van der Waals surface area contributed by atoms with Crippen LogP contribution < -0.4 is 0 Å². The number of hydrogen-bond donors (Lipinski definition) is 3. The number of halogens is 6. The van der Waals surface area contributed by atoms with Crippen LogP contribution in [0, 0.1) is 0 Å². The molecule has 0 aliphatic carbocycles. The van der Waals surface area contributed by atoms with E-state index in [1.807, 2.05) is 0 Å². The highest BCUT2D eigenvalue weighted by molar-refractivity contribution is 7.38. The lowest BCUT2D eigenvalue weighted by Crippen LogP contribution is -2.14. The summed E-state index contributed by atoms with van der Waals surface area (Å²) in [4.78, 5) is 32.7. The summed E-state index contributed by atoms with van der Waals surface area (Å²) in [6.45, 7) is 0. The van der Waals surface area contributed by atoms with Crippen LogP contribution in [0.4, 0.5) is 0 Å². The number of aromatic nitrogens is 3. The van der Waals surface area contributed by atoms with E-state index in [4.69, 9.17) is 84.3 Å². The van der Waals surface area contributed by atoms with Crippen molar-refractivity contribution in [1.29, 1.82) is 0 Å². The molecule has 3 N–H and O–H groups in total. The second kappa shape index (κ2) is 7.74. The predicted octanol–water partition coefficient (Wildman–Crippen LogP) is 2.72. The highest BCUT2D eigenvalue weighted by atomic mass is 35.6. The van der Waals surface area contributed by atoms with Gasteiger partial charge in [-0.3, -0.25) is 0 Å². The topological polar surface area (TPSA) is 99.4 Å². The lowest BCUT2D eigenvalue weighted by atomic mass is 10.6. The normalized spacial score (nSPS) is 12.1. The minimum Gasteiger partial charge on any atom is -0.328 e. The molecule has 0 radical (unpaired) electrons. The molecule has 0 aliphatic rings. The summed E-state index contributed by atoms with van der Waals surface area (Å²) in [6, 6.07) is 0. The first-order valence-electron chi connectivity index (χ1n) is 3.64. The molecular weight excluding hydrogens is 394 g/mol. The van der Waals surface area contributed by atoms with Gasteiger partial charge in [0.2, 0.25) is 7.59 Å². The zero-order valence-corrected chi connectivity index (χ0v) is 13.4. The number of nitrogens with zero attached hydrogens (tertiary/aromatic N) is 3. The summed E-state index contributed by atoms with van der Waals surface area (Å²) >= 11 is 33.2. The van der Waals surface area contributed by atoms with E-state index < -0.39 is 16.2 Å². The molecule has 1 rings (SSSR count). The Balaban J connectivity index is 0.000000631. The van der Waals surface area contributed by atoms with E-state index in [0.29, 0.717) is 0 Å². The van der Waals surface area contributed by atoms with Crippen molar-refractivity contribution in [2.24, 2.45) is 0 Å². The van der Waals surface area contributed by atoms with Gasteiger partial charge in [-0.1, -0.05) is 69.6 Å². The van der Waals surface area contributed by atoms with Crippen LogP contribution in [0.1, 0.15) is 11.6 Å². The van der Waals surface area contributed by atoms with Gasteiger partial charge in [0.15, 0.2) is 11.6 Å². The lowest BCUT2D eigenvalue weighted by molar-refractivity contribution is 0.368. The molecule has 0 bridgehead atoms. The SMILES string of the molecule is ClC(Cl)(Cl)c1ncnc(C(Cl)(Cl)Cl)n1.OP(O)O. The first-order chi connectivity index (χ1) is 7.94. The monoisotopic (exact) mass is 395 g/mol. The summed E-state index contributed by atoms with van der Waals surface area (Å²) in [6.07, 6.45) is 1.10. The summed E-state index contributed by atoms with van der Waals surface area (Å²) < 4.78 is -3.54. The number of rotatable bonds is 0.